The minimum absolute atomic E-state index is 0.296. The first-order chi connectivity index (χ1) is 6.72. The average Bonchev–Trinajstić information content (AvgIpc) is 2.23. The topological polar surface area (TPSA) is 33.3 Å². The number of pyridine rings is 1. The molecule has 0 radical (unpaired) electrons. The van der Waals surface area contributed by atoms with Gasteiger partial charge in [0.25, 0.3) is 0 Å². The van der Waals surface area contributed by atoms with Gasteiger partial charge < -0.3 is 4.74 Å². The van der Waals surface area contributed by atoms with E-state index in [1.807, 2.05) is 12.1 Å². The molecule has 1 N–H and O–H groups in total. The van der Waals surface area contributed by atoms with Crippen LogP contribution in [0.25, 0.3) is 10.8 Å². The Morgan fingerprint density at radius 2 is 2.14 bits per heavy atom. The Morgan fingerprint density at radius 1 is 1.36 bits per heavy atom. The largest absolute Gasteiger partial charge is 0.497 e. The molecule has 0 saturated heterocycles. The molecule has 0 atom stereocenters. The first-order valence-corrected chi connectivity index (χ1v) is 4.47. The molecule has 0 aliphatic carbocycles. The summed E-state index contributed by atoms with van der Waals surface area (Å²) in [5.41, 5.74) is 0. The number of fused-ring (bicyclic) bond motifs is 1. The first kappa shape index (κ1) is 9.09. The minimum Gasteiger partial charge on any atom is -0.497 e. The second kappa shape index (κ2) is 3.35. The summed E-state index contributed by atoms with van der Waals surface area (Å²) in [4.78, 5) is 0. The van der Waals surface area contributed by atoms with E-state index in [9.17, 15) is 5.21 Å². The fourth-order valence-electron chi connectivity index (χ4n) is 1.33. The molecule has 1 aromatic carbocycles. The third-order valence-corrected chi connectivity index (χ3v) is 2.45. The number of halogens is 1. The minimum atomic E-state index is 0.296. The number of aromatic nitrogens is 1. The van der Waals surface area contributed by atoms with Crippen LogP contribution in [0.1, 0.15) is 0 Å². The van der Waals surface area contributed by atoms with E-state index in [2.05, 4.69) is 0 Å². The lowest BCUT2D eigenvalue weighted by Crippen LogP contribution is -2.30. The van der Waals surface area contributed by atoms with Crippen LogP contribution in [-0.4, -0.2) is 12.3 Å². The van der Waals surface area contributed by atoms with E-state index < -0.39 is 0 Å². The smallest absolute Gasteiger partial charge is 0.332 e. The van der Waals surface area contributed by atoms with Gasteiger partial charge in [-0.2, -0.15) is 0 Å². The Hall–Kier alpha value is -1.48. The maximum Gasteiger partial charge on any atom is 0.332 e. The van der Waals surface area contributed by atoms with Crippen LogP contribution in [0.4, 0.5) is 0 Å². The van der Waals surface area contributed by atoms with Crippen LogP contribution in [0.15, 0.2) is 30.5 Å². The van der Waals surface area contributed by atoms with Crippen molar-refractivity contribution in [1.82, 2.24) is 0 Å². The Bertz CT molecular complexity index is 485. The maximum atomic E-state index is 9.30. The molecule has 0 spiro atoms. The van der Waals surface area contributed by atoms with Crippen LogP contribution in [0, 0.1) is 0 Å². The molecule has 14 heavy (non-hydrogen) atoms. The highest BCUT2D eigenvalue weighted by Gasteiger charge is 2.12. The quantitative estimate of drug-likeness (QED) is 0.444. The molecule has 0 fully saturated rings. The van der Waals surface area contributed by atoms with Gasteiger partial charge in [0.15, 0.2) is 0 Å². The molecule has 2 aromatic rings. The van der Waals surface area contributed by atoms with E-state index in [-0.39, 0.29) is 0 Å². The summed E-state index contributed by atoms with van der Waals surface area (Å²) in [6.07, 6.45) is 1.49. The van der Waals surface area contributed by atoms with Crippen molar-refractivity contribution in [2.24, 2.45) is 0 Å². The molecular formula is C10H9ClNO2+. The third kappa shape index (κ3) is 1.36. The lowest BCUT2D eigenvalue weighted by molar-refractivity contribution is -0.902. The highest BCUT2D eigenvalue weighted by atomic mass is 35.5. The summed E-state index contributed by atoms with van der Waals surface area (Å²) in [6, 6.07) is 7.24. The molecule has 0 aliphatic heterocycles. The zero-order valence-electron chi connectivity index (χ0n) is 7.57. The number of ether oxygens (including phenoxy) is 1. The molecule has 3 nitrogen and oxygen atoms in total. The molecule has 0 amide bonds. The molecule has 1 aromatic heterocycles. The van der Waals surface area contributed by atoms with E-state index in [4.69, 9.17) is 16.3 Å². The predicted molar refractivity (Wildman–Crippen MR) is 52.9 cm³/mol. The molecule has 0 unspecified atom stereocenters. The number of methoxy groups -OCH3 is 1. The van der Waals surface area contributed by atoms with Gasteiger partial charge in [0.1, 0.15) is 5.75 Å². The van der Waals surface area contributed by atoms with E-state index in [0.717, 1.165) is 21.3 Å². The second-order valence-electron chi connectivity index (χ2n) is 2.90. The lowest BCUT2D eigenvalue weighted by atomic mass is 10.2. The Balaban J connectivity index is 2.74. The summed E-state index contributed by atoms with van der Waals surface area (Å²) in [6.45, 7) is 0. The van der Waals surface area contributed by atoms with Crippen molar-refractivity contribution >= 4 is 22.4 Å². The summed E-state index contributed by atoms with van der Waals surface area (Å²) in [7, 11) is 1.61. The molecular weight excluding hydrogens is 202 g/mol. The third-order valence-electron chi connectivity index (χ3n) is 2.08. The monoisotopic (exact) mass is 210 g/mol. The standard InChI is InChI=1S/C10H9ClNO2/c1-14-8-2-3-9-7(6-8)4-5-12(13)10(9)11/h2-6,13H,1H3/q+1. The van der Waals surface area contributed by atoms with Gasteiger partial charge in [-0.1, -0.05) is 0 Å². The molecule has 1 heterocycles. The van der Waals surface area contributed by atoms with Crippen molar-refractivity contribution < 1.29 is 14.7 Å². The molecule has 0 saturated carbocycles. The van der Waals surface area contributed by atoms with Crippen LogP contribution in [0.2, 0.25) is 5.15 Å². The maximum absolute atomic E-state index is 9.30. The summed E-state index contributed by atoms with van der Waals surface area (Å²) in [5.74, 6) is 0.768. The summed E-state index contributed by atoms with van der Waals surface area (Å²) in [5, 5.41) is 11.3. The van der Waals surface area contributed by atoms with E-state index >= 15 is 0 Å². The van der Waals surface area contributed by atoms with Gasteiger partial charge in [0.2, 0.25) is 6.20 Å². The van der Waals surface area contributed by atoms with Gasteiger partial charge in [-0.25, -0.2) is 0 Å². The van der Waals surface area contributed by atoms with Gasteiger partial charge in [-0.05, 0) is 35.2 Å². The van der Waals surface area contributed by atoms with Crippen LogP contribution in [0.3, 0.4) is 0 Å². The zero-order valence-corrected chi connectivity index (χ0v) is 8.32. The second-order valence-corrected chi connectivity index (χ2v) is 3.26. The van der Waals surface area contributed by atoms with Crippen molar-refractivity contribution in [1.29, 1.82) is 0 Å². The van der Waals surface area contributed by atoms with Crippen molar-refractivity contribution in [2.75, 3.05) is 7.11 Å². The normalized spacial score (nSPS) is 10.4. The summed E-state index contributed by atoms with van der Waals surface area (Å²) < 4.78 is 5.97. The van der Waals surface area contributed by atoms with Crippen LogP contribution in [0.5, 0.6) is 5.75 Å². The van der Waals surface area contributed by atoms with Crippen LogP contribution in [-0.2, 0) is 0 Å². The highest BCUT2D eigenvalue weighted by molar-refractivity contribution is 6.33. The van der Waals surface area contributed by atoms with Gasteiger partial charge in [-0.15, -0.1) is 0 Å². The van der Waals surface area contributed by atoms with Gasteiger partial charge in [-0.3, -0.25) is 5.21 Å². The predicted octanol–water partition coefficient (Wildman–Crippen LogP) is 2.03. The fraction of sp³-hybridized carbons (Fsp3) is 0.100. The highest BCUT2D eigenvalue weighted by Crippen LogP contribution is 2.23. The van der Waals surface area contributed by atoms with Crippen molar-refractivity contribution in [3.63, 3.8) is 0 Å². The molecule has 72 valence electrons. The van der Waals surface area contributed by atoms with Crippen molar-refractivity contribution in [3.05, 3.63) is 35.6 Å². The van der Waals surface area contributed by atoms with E-state index in [1.54, 1.807) is 19.2 Å². The van der Waals surface area contributed by atoms with Gasteiger partial charge in [0.05, 0.1) is 12.5 Å². The van der Waals surface area contributed by atoms with Crippen molar-refractivity contribution in [3.8, 4) is 5.75 Å². The van der Waals surface area contributed by atoms with Crippen LogP contribution < -0.4 is 9.47 Å². The zero-order chi connectivity index (χ0) is 10.1. The molecule has 4 heteroatoms. The summed E-state index contributed by atoms with van der Waals surface area (Å²) >= 11 is 5.89. The fourth-order valence-corrected chi connectivity index (χ4v) is 1.56. The van der Waals surface area contributed by atoms with Gasteiger partial charge in [0, 0.05) is 10.8 Å². The number of nitrogens with zero attached hydrogens (tertiary/aromatic N) is 1. The van der Waals surface area contributed by atoms with E-state index in [1.165, 1.54) is 6.20 Å². The SMILES string of the molecule is COc1ccc2c(Cl)[n+](O)ccc2c1. The number of hydrogen-bond acceptors (Lipinski definition) is 2. The molecule has 0 aliphatic rings. The molecule has 0 bridgehead atoms. The Morgan fingerprint density at radius 3 is 2.86 bits per heavy atom. The molecule has 2 rings (SSSR count). The number of hydrogen-bond donors (Lipinski definition) is 1. The Kier molecular flexibility index (Phi) is 2.17. The number of rotatable bonds is 1. The lowest BCUT2D eigenvalue weighted by Gasteiger charge is -2.00. The number of benzene rings is 1. The first-order valence-electron chi connectivity index (χ1n) is 4.09. The van der Waals surface area contributed by atoms with Gasteiger partial charge >= 0.3 is 5.15 Å². The van der Waals surface area contributed by atoms with Crippen LogP contribution >= 0.6 is 11.6 Å². The Labute approximate surface area is 86.1 Å². The average molecular weight is 211 g/mol. The van der Waals surface area contributed by atoms with Crippen molar-refractivity contribution in [2.45, 2.75) is 0 Å². The van der Waals surface area contributed by atoms with E-state index in [0.29, 0.717) is 5.15 Å².